The minimum Gasteiger partial charge on any atom is -0.393 e. The molecule has 0 spiro atoms. The van der Waals surface area contributed by atoms with Gasteiger partial charge in [0.1, 0.15) is 0 Å². The van der Waals surface area contributed by atoms with Crippen molar-refractivity contribution in [3.05, 3.63) is 0 Å². The average Bonchev–Trinajstić information content (AvgIpc) is 2.03. The minimum absolute atomic E-state index is 0.166. The predicted molar refractivity (Wildman–Crippen MR) is 44.5 cm³/mol. The fraction of sp³-hybridized carbons (Fsp3) is 1.00. The van der Waals surface area contributed by atoms with Crippen LogP contribution in [0.5, 0.6) is 0 Å². The number of rotatable bonds is 3. The lowest BCUT2D eigenvalue weighted by molar-refractivity contribution is 0.00345. The molecule has 0 saturated carbocycles. The zero-order chi connectivity index (χ0) is 8.10. The van der Waals surface area contributed by atoms with Crippen molar-refractivity contribution in [1.29, 1.82) is 0 Å². The highest BCUT2D eigenvalue weighted by Gasteiger charge is 2.13. The molecule has 0 amide bonds. The Balaban J connectivity index is 2.05. The van der Waals surface area contributed by atoms with Crippen LogP contribution >= 0.6 is 0 Å². The molecule has 0 aromatic heterocycles. The molecule has 66 valence electrons. The number of aliphatic hydroxyl groups excluding tert-OH is 1. The van der Waals surface area contributed by atoms with E-state index < -0.39 is 0 Å². The molecule has 0 radical (unpaired) electrons. The Morgan fingerprint density at radius 3 is 2.91 bits per heavy atom. The van der Waals surface area contributed by atoms with Gasteiger partial charge in [-0.15, -0.1) is 0 Å². The first-order chi connectivity index (χ1) is 5.29. The number of aliphatic hydroxyl groups is 1. The lowest BCUT2D eigenvalue weighted by Gasteiger charge is -2.22. The molecule has 1 rings (SSSR count). The van der Waals surface area contributed by atoms with Gasteiger partial charge in [-0.3, -0.25) is 0 Å². The molecule has 2 nitrogen and oxygen atoms in total. The second-order valence-corrected chi connectivity index (χ2v) is 3.41. The molecule has 1 heterocycles. The maximum absolute atomic E-state index is 9.03. The van der Waals surface area contributed by atoms with Gasteiger partial charge in [0.25, 0.3) is 0 Å². The third kappa shape index (κ3) is 3.73. The van der Waals surface area contributed by atoms with Crippen molar-refractivity contribution < 1.29 is 9.84 Å². The Bertz CT molecular complexity index is 95.7. The van der Waals surface area contributed by atoms with Gasteiger partial charge in [-0.25, -0.2) is 0 Å². The smallest absolute Gasteiger partial charge is 0.0576 e. The minimum atomic E-state index is -0.166. The van der Waals surface area contributed by atoms with Crippen molar-refractivity contribution in [2.24, 2.45) is 0 Å². The Labute approximate surface area is 68.6 Å². The van der Waals surface area contributed by atoms with Crippen molar-refractivity contribution in [2.45, 2.75) is 51.2 Å². The average molecular weight is 158 g/mol. The second kappa shape index (κ2) is 4.73. The lowest BCUT2D eigenvalue weighted by atomic mass is 10.0. The molecular weight excluding hydrogens is 140 g/mol. The molecule has 0 aromatic rings. The quantitative estimate of drug-likeness (QED) is 0.677. The third-order valence-corrected chi connectivity index (χ3v) is 2.18. The lowest BCUT2D eigenvalue weighted by Crippen LogP contribution is -2.20. The van der Waals surface area contributed by atoms with E-state index in [2.05, 4.69) is 0 Å². The molecule has 2 heteroatoms. The third-order valence-electron chi connectivity index (χ3n) is 2.18. The molecule has 1 aliphatic heterocycles. The summed E-state index contributed by atoms with van der Waals surface area (Å²) in [4.78, 5) is 0. The van der Waals surface area contributed by atoms with Crippen molar-refractivity contribution in [3.63, 3.8) is 0 Å². The van der Waals surface area contributed by atoms with Crippen LogP contribution in [0.15, 0.2) is 0 Å². The molecule has 0 bridgehead atoms. The van der Waals surface area contributed by atoms with Crippen molar-refractivity contribution in [3.8, 4) is 0 Å². The zero-order valence-electron chi connectivity index (χ0n) is 7.25. The van der Waals surface area contributed by atoms with Crippen LogP contribution in [0.1, 0.15) is 39.0 Å². The van der Waals surface area contributed by atoms with Crippen molar-refractivity contribution in [2.75, 3.05) is 6.61 Å². The molecule has 2 atom stereocenters. The maximum atomic E-state index is 9.03. The van der Waals surface area contributed by atoms with Gasteiger partial charge in [0.2, 0.25) is 0 Å². The summed E-state index contributed by atoms with van der Waals surface area (Å²) in [5.74, 6) is 0. The van der Waals surface area contributed by atoms with Gasteiger partial charge in [-0.2, -0.15) is 0 Å². The van der Waals surface area contributed by atoms with Gasteiger partial charge in [-0.05, 0) is 39.0 Å². The summed E-state index contributed by atoms with van der Waals surface area (Å²) < 4.78 is 5.52. The van der Waals surface area contributed by atoms with E-state index >= 15 is 0 Å². The highest BCUT2D eigenvalue weighted by Crippen LogP contribution is 2.17. The highest BCUT2D eigenvalue weighted by atomic mass is 16.5. The fourth-order valence-electron chi connectivity index (χ4n) is 1.46. The molecular formula is C9H18O2. The van der Waals surface area contributed by atoms with Gasteiger partial charge < -0.3 is 9.84 Å². The van der Waals surface area contributed by atoms with Gasteiger partial charge in [0.15, 0.2) is 0 Å². The van der Waals surface area contributed by atoms with E-state index in [0.29, 0.717) is 6.10 Å². The molecule has 0 aliphatic carbocycles. The van der Waals surface area contributed by atoms with E-state index in [0.717, 1.165) is 19.4 Å². The van der Waals surface area contributed by atoms with E-state index in [1.165, 1.54) is 19.3 Å². The first-order valence-corrected chi connectivity index (χ1v) is 4.58. The number of hydrogen-bond donors (Lipinski definition) is 1. The summed E-state index contributed by atoms with van der Waals surface area (Å²) in [6.45, 7) is 2.76. The van der Waals surface area contributed by atoms with Crippen LogP contribution in [-0.4, -0.2) is 23.9 Å². The van der Waals surface area contributed by atoms with E-state index in [1.54, 1.807) is 0 Å². The van der Waals surface area contributed by atoms with E-state index in [9.17, 15) is 0 Å². The summed E-state index contributed by atoms with van der Waals surface area (Å²) in [5.41, 5.74) is 0. The molecule has 11 heavy (non-hydrogen) atoms. The Hall–Kier alpha value is -0.0800. The summed E-state index contributed by atoms with van der Waals surface area (Å²) in [6, 6.07) is 0. The van der Waals surface area contributed by atoms with Crippen LogP contribution in [0.4, 0.5) is 0 Å². The SMILES string of the molecule is CC(O)CCC1CCCCO1. The van der Waals surface area contributed by atoms with Crippen LogP contribution in [0.3, 0.4) is 0 Å². The summed E-state index contributed by atoms with van der Waals surface area (Å²) >= 11 is 0. The molecule has 1 aliphatic rings. The number of ether oxygens (including phenoxy) is 1. The maximum Gasteiger partial charge on any atom is 0.0576 e. The monoisotopic (exact) mass is 158 g/mol. The van der Waals surface area contributed by atoms with Gasteiger partial charge in [0, 0.05) is 6.61 Å². The molecule has 1 saturated heterocycles. The highest BCUT2D eigenvalue weighted by molar-refractivity contribution is 4.64. The first-order valence-electron chi connectivity index (χ1n) is 4.58. The Morgan fingerprint density at radius 2 is 2.36 bits per heavy atom. The predicted octanol–water partition coefficient (Wildman–Crippen LogP) is 1.72. The fourth-order valence-corrected chi connectivity index (χ4v) is 1.46. The van der Waals surface area contributed by atoms with E-state index in [-0.39, 0.29) is 6.10 Å². The topological polar surface area (TPSA) is 29.5 Å². The summed E-state index contributed by atoms with van der Waals surface area (Å²) in [7, 11) is 0. The van der Waals surface area contributed by atoms with Crippen molar-refractivity contribution in [1.82, 2.24) is 0 Å². The van der Waals surface area contributed by atoms with Crippen LogP contribution in [-0.2, 0) is 4.74 Å². The van der Waals surface area contributed by atoms with E-state index in [4.69, 9.17) is 9.84 Å². The van der Waals surface area contributed by atoms with Gasteiger partial charge in [-0.1, -0.05) is 0 Å². The normalized spacial score (nSPS) is 28.4. The van der Waals surface area contributed by atoms with Crippen LogP contribution in [0.25, 0.3) is 0 Å². The Kier molecular flexibility index (Phi) is 3.87. The largest absolute Gasteiger partial charge is 0.393 e. The summed E-state index contributed by atoms with van der Waals surface area (Å²) in [6.07, 6.45) is 5.86. The second-order valence-electron chi connectivity index (χ2n) is 3.41. The van der Waals surface area contributed by atoms with Crippen molar-refractivity contribution >= 4 is 0 Å². The van der Waals surface area contributed by atoms with Crippen LogP contribution < -0.4 is 0 Å². The molecule has 2 unspecified atom stereocenters. The Morgan fingerprint density at radius 1 is 1.55 bits per heavy atom. The first kappa shape index (κ1) is 9.01. The van der Waals surface area contributed by atoms with Gasteiger partial charge in [0.05, 0.1) is 12.2 Å². The molecule has 1 N–H and O–H groups in total. The summed E-state index contributed by atoms with van der Waals surface area (Å²) in [5, 5.41) is 9.03. The standard InChI is InChI=1S/C9H18O2/c1-8(10)5-6-9-4-2-3-7-11-9/h8-10H,2-7H2,1H3. The van der Waals surface area contributed by atoms with E-state index in [1.807, 2.05) is 6.92 Å². The van der Waals surface area contributed by atoms with Crippen LogP contribution in [0, 0.1) is 0 Å². The van der Waals surface area contributed by atoms with Gasteiger partial charge >= 0.3 is 0 Å². The van der Waals surface area contributed by atoms with Crippen LogP contribution in [0.2, 0.25) is 0 Å². The number of hydrogen-bond acceptors (Lipinski definition) is 2. The molecule has 1 fully saturated rings. The zero-order valence-corrected chi connectivity index (χ0v) is 7.25. The molecule has 0 aromatic carbocycles.